The van der Waals surface area contributed by atoms with Crippen molar-refractivity contribution in [1.29, 1.82) is 0 Å². The summed E-state index contributed by atoms with van der Waals surface area (Å²) in [6, 6.07) is 18.9. The van der Waals surface area contributed by atoms with Gasteiger partial charge in [0.2, 0.25) is 0 Å². The van der Waals surface area contributed by atoms with Gasteiger partial charge >= 0.3 is 5.97 Å². The zero-order valence-electron chi connectivity index (χ0n) is 16.7. The van der Waals surface area contributed by atoms with E-state index in [4.69, 9.17) is 15.6 Å². The summed E-state index contributed by atoms with van der Waals surface area (Å²) in [7, 11) is 0. The van der Waals surface area contributed by atoms with Crippen molar-refractivity contribution in [1.82, 2.24) is 0 Å². The molecule has 0 spiro atoms. The van der Waals surface area contributed by atoms with Crippen molar-refractivity contribution in [2.75, 3.05) is 6.61 Å². The molecule has 1 aliphatic carbocycles. The minimum atomic E-state index is -0.700. The number of benzene rings is 3. The molecule has 4 nitrogen and oxygen atoms in total. The van der Waals surface area contributed by atoms with Crippen molar-refractivity contribution in [2.24, 2.45) is 5.73 Å². The molecule has 0 saturated heterocycles. The molecule has 4 heteroatoms. The van der Waals surface area contributed by atoms with Crippen LogP contribution in [0.4, 0.5) is 0 Å². The van der Waals surface area contributed by atoms with Crippen molar-refractivity contribution in [3.8, 4) is 5.75 Å². The molecule has 0 unspecified atom stereocenters. The van der Waals surface area contributed by atoms with Gasteiger partial charge in [-0.1, -0.05) is 42.5 Å². The number of fused-ring (bicyclic) bond motifs is 4. The number of hydrogen-bond acceptors (Lipinski definition) is 3. The lowest BCUT2D eigenvalue weighted by atomic mass is 9.92. The molecule has 3 aromatic rings. The van der Waals surface area contributed by atoms with Gasteiger partial charge in [-0.15, -0.1) is 0 Å². The van der Waals surface area contributed by atoms with Crippen LogP contribution in [0.3, 0.4) is 0 Å². The van der Waals surface area contributed by atoms with Crippen LogP contribution in [0.1, 0.15) is 54.0 Å². The average Bonchev–Trinajstić information content (AvgIpc) is 3.34. The second-order valence-corrected chi connectivity index (χ2v) is 7.94. The molecule has 2 atom stereocenters. The summed E-state index contributed by atoms with van der Waals surface area (Å²) in [6.07, 6.45) is 3.18. The van der Waals surface area contributed by atoms with Crippen molar-refractivity contribution in [3.63, 3.8) is 0 Å². The summed E-state index contributed by atoms with van der Waals surface area (Å²) >= 11 is 0. The normalized spacial score (nSPS) is 17.7. The largest absolute Gasteiger partial charge is 0.493 e. The Hall–Kier alpha value is -2.85. The van der Waals surface area contributed by atoms with Gasteiger partial charge in [-0.2, -0.15) is 0 Å². The monoisotopic (exact) mass is 389 g/mol. The van der Waals surface area contributed by atoms with Crippen LogP contribution >= 0.6 is 0 Å². The number of carboxylic acid groups (broad SMARTS) is 1. The molecule has 0 bridgehead atoms. The summed E-state index contributed by atoms with van der Waals surface area (Å²) in [5, 5.41) is 11.4. The zero-order valence-corrected chi connectivity index (χ0v) is 16.7. The number of aliphatic carboxylic acids is 1. The summed E-state index contributed by atoms with van der Waals surface area (Å²) in [4.78, 5) is 10.8. The molecule has 1 heterocycles. The second-order valence-electron chi connectivity index (χ2n) is 7.94. The van der Waals surface area contributed by atoms with Crippen LogP contribution < -0.4 is 10.5 Å². The van der Waals surface area contributed by atoms with Crippen molar-refractivity contribution in [2.45, 2.75) is 44.6 Å². The first-order chi connectivity index (χ1) is 14.0. The summed E-state index contributed by atoms with van der Waals surface area (Å²) < 4.78 is 5.53. The average molecular weight is 389 g/mol. The maximum atomic E-state index is 10.8. The Bertz CT molecular complexity index is 1040. The number of carboxylic acids is 1. The van der Waals surface area contributed by atoms with E-state index in [2.05, 4.69) is 36.4 Å². The Labute approximate surface area is 171 Å². The third kappa shape index (κ3) is 4.13. The second kappa shape index (κ2) is 8.26. The van der Waals surface area contributed by atoms with Crippen LogP contribution in [-0.2, 0) is 17.6 Å². The van der Waals surface area contributed by atoms with Crippen molar-refractivity contribution in [3.05, 3.63) is 76.9 Å². The number of carbonyl (C=O) groups is 1. The van der Waals surface area contributed by atoms with Gasteiger partial charge in [0.1, 0.15) is 5.75 Å². The molecule has 1 aliphatic heterocycles. The third-order valence-corrected chi connectivity index (χ3v) is 5.90. The first kappa shape index (κ1) is 19.5. The molecule has 150 valence electrons. The van der Waals surface area contributed by atoms with Crippen LogP contribution in [0.25, 0.3) is 10.8 Å². The van der Waals surface area contributed by atoms with Crippen LogP contribution in [0.15, 0.2) is 54.6 Å². The van der Waals surface area contributed by atoms with Gasteiger partial charge in [0.25, 0.3) is 0 Å². The van der Waals surface area contributed by atoms with Gasteiger partial charge in [0.15, 0.2) is 0 Å². The predicted octanol–water partition coefficient (Wildman–Crippen LogP) is 4.99. The number of nitrogens with two attached hydrogens (primary N) is 1. The highest BCUT2D eigenvalue weighted by atomic mass is 16.5. The Kier molecular flexibility index (Phi) is 5.54. The standard InChI is InChI=1S/C13H14O3.C12H13N/c14-12(15)7-9-2-1-8-3-4-11-10(13(8)9)5-6-16-11;1-9(13)11-7-6-10-4-2-3-5-12(10)8-11/h3-4,9H,1-2,5-7H2,(H,14,15);2-9H,13H2,1H3/t2*9-/m00/s1. The first-order valence-electron chi connectivity index (χ1n) is 10.3. The molecule has 5 rings (SSSR count). The van der Waals surface area contributed by atoms with Crippen LogP contribution in [-0.4, -0.2) is 17.7 Å². The zero-order chi connectivity index (χ0) is 20.4. The molecule has 0 saturated carbocycles. The van der Waals surface area contributed by atoms with Crippen molar-refractivity contribution >= 4 is 16.7 Å². The molecule has 0 radical (unpaired) electrons. The van der Waals surface area contributed by atoms with Gasteiger partial charge in [0.05, 0.1) is 13.0 Å². The Morgan fingerprint density at radius 1 is 1.14 bits per heavy atom. The summed E-state index contributed by atoms with van der Waals surface area (Å²) in [5.41, 5.74) is 10.9. The van der Waals surface area contributed by atoms with E-state index in [1.165, 1.54) is 33.0 Å². The molecular formula is C25H27NO3. The predicted molar refractivity (Wildman–Crippen MR) is 116 cm³/mol. The lowest BCUT2D eigenvalue weighted by molar-refractivity contribution is -0.137. The van der Waals surface area contributed by atoms with E-state index < -0.39 is 5.97 Å². The molecule has 3 aromatic carbocycles. The van der Waals surface area contributed by atoms with E-state index in [-0.39, 0.29) is 18.4 Å². The third-order valence-electron chi connectivity index (χ3n) is 5.90. The first-order valence-corrected chi connectivity index (χ1v) is 10.3. The molecule has 0 amide bonds. The number of aryl methyl sites for hydroxylation is 1. The fourth-order valence-electron chi connectivity index (χ4n) is 4.46. The smallest absolute Gasteiger partial charge is 0.303 e. The lowest BCUT2D eigenvalue weighted by Crippen LogP contribution is -2.05. The van der Waals surface area contributed by atoms with E-state index in [9.17, 15) is 4.79 Å². The molecule has 29 heavy (non-hydrogen) atoms. The highest BCUT2D eigenvalue weighted by Crippen LogP contribution is 2.43. The van der Waals surface area contributed by atoms with Gasteiger partial charge < -0.3 is 15.6 Å². The minimum Gasteiger partial charge on any atom is -0.493 e. The van der Waals surface area contributed by atoms with Crippen LogP contribution in [0.5, 0.6) is 5.75 Å². The van der Waals surface area contributed by atoms with Crippen molar-refractivity contribution < 1.29 is 14.6 Å². The fourth-order valence-corrected chi connectivity index (χ4v) is 4.46. The van der Waals surface area contributed by atoms with Gasteiger partial charge in [-0.05, 0) is 65.3 Å². The maximum absolute atomic E-state index is 10.8. The van der Waals surface area contributed by atoms with E-state index in [0.717, 1.165) is 31.6 Å². The number of ether oxygens (including phenoxy) is 1. The molecule has 3 N–H and O–H groups in total. The molecule has 0 aromatic heterocycles. The van der Waals surface area contributed by atoms with E-state index in [1.807, 2.05) is 25.1 Å². The Morgan fingerprint density at radius 2 is 1.93 bits per heavy atom. The molecular weight excluding hydrogens is 362 g/mol. The molecule has 2 aliphatic rings. The molecule has 0 fully saturated rings. The van der Waals surface area contributed by atoms with E-state index >= 15 is 0 Å². The highest BCUT2D eigenvalue weighted by Gasteiger charge is 2.30. The Balaban J connectivity index is 0.000000145. The number of hydrogen-bond donors (Lipinski definition) is 2. The van der Waals surface area contributed by atoms with E-state index in [0.29, 0.717) is 0 Å². The summed E-state index contributed by atoms with van der Waals surface area (Å²) in [6.45, 7) is 2.75. The summed E-state index contributed by atoms with van der Waals surface area (Å²) in [5.74, 6) is 0.467. The van der Waals surface area contributed by atoms with Gasteiger partial charge in [-0.3, -0.25) is 4.79 Å². The Morgan fingerprint density at radius 3 is 2.69 bits per heavy atom. The SMILES string of the molecule is C[C@H](N)c1ccc2ccccc2c1.O=C(O)C[C@@H]1CCc2ccc3c(c21)CCO3. The van der Waals surface area contributed by atoms with Gasteiger partial charge in [0, 0.05) is 18.0 Å². The van der Waals surface area contributed by atoms with Crippen LogP contribution in [0.2, 0.25) is 0 Å². The van der Waals surface area contributed by atoms with Crippen LogP contribution in [0, 0.1) is 0 Å². The maximum Gasteiger partial charge on any atom is 0.303 e. The fraction of sp³-hybridized carbons (Fsp3) is 0.320. The van der Waals surface area contributed by atoms with Gasteiger partial charge in [-0.25, -0.2) is 0 Å². The number of rotatable bonds is 3. The minimum absolute atomic E-state index is 0.115. The quantitative estimate of drug-likeness (QED) is 0.662. The highest BCUT2D eigenvalue weighted by molar-refractivity contribution is 5.83. The topological polar surface area (TPSA) is 72.6 Å². The van der Waals surface area contributed by atoms with E-state index in [1.54, 1.807) is 0 Å². The lowest BCUT2D eigenvalue weighted by Gasteiger charge is -2.12.